The lowest BCUT2D eigenvalue weighted by atomic mass is 10.1. The molecule has 1 aliphatic heterocycles. The minimum atomic E-state index is -0.948. The van der Waals surface area contributed by atoms with Crippen LogP contribution in [-0.2, 0) is 9.53 Å². The quantitative estimate of drug-likeness (QED) is 0.877. The minimum absolute atomic E-state index is 0.100. The Morgan fingerprint density at radius 3 is 2.82 bits per heavy atom. The second-order valence-electron chi connectivity index (χ2n) is 4.85. The first-order valence-electron chi connectivity index (χ1n) is 6.78. The lowest BCUT2D eigenvalue weighted by Crippen LogP contribution is -2.47. The number of hydrogen-bond donors (Lipinski definition) is 2. The van der Waals surface area contributed by atoms with Gasteiger partial charge in [0.2, 0.25) is 0 Å². The van der Waals surface area contributed by atoms with Crippen molar-refractivity contribution in [1.82, 2.24) is 10.2 Å². The third-order valence-electron chi connectivity index (χ3n) is 3.28. The fourth-order valence-electron chi connectivity index (χ4n) is 2.14. The summed E-state index contributed by atoms with van der Waals surface area (Å²) in [6.07, 6.45) is -0.388. The molecule has 8 heteroatoms. The number of aliphatic carboxylic acids is 1. The van der Waals surface area contributed by atoms with Crippen LogP contribution in [0.5, 0.6) is 0 Å². The fraction of sp³-hybridized carbons (Fsp3) is 0.429. The van der Waals surface area contributed by atoms with Crippen LogP contribution in [0.25, 0.3) is 0 Å². The maximum atomic E-state index is 12.0. The first kappa shape index (κ1) is 16.9. The number of ether oxygens (including phenoxy) is 1. The molecule has 1 aromatic rings. The van der Waals surface area contributed by atoms with Crippen molar-refractivity contribution in [1.29, 1.82) is 0 Å². The second-order valence-corrected chi connectivity index (χ2v) is 5.67. The van der Waals surface area contributed by atoms with E-state index < -0.39 is 5.97 Å². The zero-order chi connectivity index (χ0) is 16.1. The van der Waals surface area contributed by atoms with Gasteiger partial charge in [0.25, 0.3) is 0 Å². The van der Waals surface area contributed by atoms with Gasteiger partial charge in [-0.1, -0.05) is 29.3 Å². The molecule has 0 bridgehead atoms. The Bertz CT molecular complexity index is 568. The Hall–Kier alpha value is -1.50. The number of nitrogens with zero attached hydrogens (tertiary/aromatic N) is 1. The number of benzene rings is 1. The first-order chi connectivity index (χ1) is 10.5. The molecule has 1 atom stereocenters. The van der Waals surface area contributed by atoms with Crippen molar-refractivity contribution in [2.45, 2.75) is 12.5 Å². The van der Waals surface area contributed by atoms with Crippen LogP contribution in [0.15, 0.2) is 18.2 Å². The third kappa shape index (κ3) is 4.50. The zero-order valence-corrected chi connectivity index (χ0v) is 13.2. The molecule has 120 valence electrons. The monoisotopic (exact) mass is 346 g/mol. The summed E-state index contributed by atoms with van der Waals surface area (Å²) in [5.74, 6) is -0.948. The van der Waals surface area contributed by atoms with Crippen molar-refractivity contribution < 1.29 is 19.4 Å². The fourth-order valence-corrected chi connectivity index (χ4v) is 2.44. The molecule has 22 heavy (non-hydrogen) atoms. The van der Waals surface area contributed by atoms with Gasteiger partial charge in [0.1, 0.15) is 6.10 Å². The van der Waals surface area contributed by atoms with Crippen LogP contribution < -0.4 is 5.32 Å². The molecule has 1 heterocycles. The molecule has 6 nitrogen and oxygen atoms in total. The van der Waals surface area contributed by atoms with Gasteiger partial charge in [0, 0.05) is 13.1 Å². The number of carbonyl (C=O) groups is 2. The van der Waals surface area contributed by atoms with Crippen LogP contribution in [0.2, 0.25) is 10.0 Å². The lowest BCUT2D eigenvalue weighted by Gasteiger charge is -2.33. The molecule has 1 unspecified atom stereocenters. The van der Waals surface area contributed by atoms with E-state index in [-0.39, 0.29) is 25.1 Å². The molecule has 0 saturated carbocycles. The summed E-state index contributed by atoms with van der Waals surface area (Å²) in [5.41, 5.74) is 0.845. The Balaban J connectivity index is 1.94. The number of carboxylic acid groups (broad SMARTS) is 1. The number of nitrogens with one attached hydrogen (secondary N) is 1. The van der Waals surface area contributed by atoms with E-state index in [1.54, 1.807) is 17.0 Å². The number of amides is 2. The van der Waals surface area contributed by atoms with Gasteiger partial charge in [-0.25, -0.2) is 4.79 Å². The summed E-state index contributed by atoms with van der Waals surface area (Å²) < 4.78 is 5.66. The van der Waals surface area contributed by atoms with Crippen molar-refractivity contribution in [3.05, 3.63) is 33.8 Å². The van der Waals surface area contributed by atoms with Gasteiger partial charge < -0.3 is 20.1 Å². The Labute approximate surface area is 137 Å². The van der Waals surface area contributed by atoms with E-state index >= 15 is 0 Å². The van der Waals surface area contributed by atoms with Gasteiger partial charge in [-0.3, -0.25) is 4.79 Å². The van der Waals surface area contributed by atoms with Crippen molar-refractivity contribution in [3.63, 3.8) is 0 Å². The third-order valence-corrected chi connectivity index (χ3v) is 4.02. The highest BCUT2D eigenvalue weighted by molar-refractivity contribution is 6.42. The number of carbonyl (C=O) groups excluding carboxylic acids is 1. The van der Waals surface area contributed by atoms with E-state index in [4.69, 9.17) is 33.0 Å². The average molecular weight is 347 g/mol. The summed E-state index contributed by atoms with van der Waals surface area (Å²) in [6.45, 7) is 1.33. The summed E-state index contributed by atoms with van der Waals surface area (Å²) in [5, 5.41) is 12.0. The van der Waals surface area contributed by atoms with Gasteiger partial charge in [-0.2, -0.15) is 0 Å². The molecule has 2 rings (SSSR count). The molecule has 0 aromatic heterocycles. The molecular weight excluding hydrogens is 331 g/mol. The molecule has 1 saturated heterocycles. The highest BCUT2D eigenvalue weighted by Gasteiger charge is 2.25. The number of carboxylic acids is 1. The molecule has 2 amide bonds. The Kier molecular flexibility index (Phi) is 5.88. The van der Waals surface area contributed by atoms with Crippen LogP contribution >= 0.6 is 23.2 Å². The maximum absolute atomic E-state index is 12.0. The van der Waals surface area contributed by atoms with Crippen LogP contribution in [0.3, 0.4) is 0 Å². The molecule has 1 aromatic carbocycles. The van der Waals surface area contributed by atoms with E-state index in [2.05, 4.69) is 5.32 Å². The molecular formula is C14H16Cl2N2O4. The van der Waals surface area contributed by atoms with E-state index in [0.717, 1.165) is 5.56 Å². The molecule has 0 radical (unpaired) electrons. The van der Waals surface area contributed by atoms with Gasteiger partial charge in [-0.15, -0.1) is 0 Å². The number of halogens is 2. The van der Waals surface area contributed by atoms with Gasteiger partial charge in [0.15, 0.2) is 0 Å². The first-order valence-corrected chi connectivity index (χ1v) is 7.54. The highest BCUT2D eigenvalue weighted by Crippen LogP contribution is 2.29. The lowest BCUT2D eigenvalue weighted by molar-refractivity contribution is -0.136. The van der Waals surface area contributed by atoms with E-state index in [9.17, 15) is 9.59 Å². The van der Waals surface area contributed by atoms with Crippen molar-refractivity contribution in [2.75, 3.05) is 26.2 Å². The molecule has 0 aliphatic carbocycles. The second kappa shape index (κ2) is 7.67. The van der Waals surface area contributed by atoms with Gasteiger partial charge in [-0.05, 0) is 17.7 Å². The summed E-state index contributed by atoms with van der Waals surface area (Å²) in [6, 6.07) is 4.93. The predicted molar refractivity (Wildman–Crippen MR) is 82.4 cm³/mol. The minimum Gasteiger partial charge on any atom is -0.481 e. The van der Waals surface area contributed by atoms with Crippen molar-refractivity contribution in [2.24, 2.45) is 0 Å². The smallest absolute Gasteiger partial charge is 0.317 e. The predicted octanol–water partition coefficient (Wildman–Crippen LogP) is 2.55. The van der Waals surface area contributed by atoms with E-state index in [0.29, 0.717) is 29.7 Å². The summed E-state index contributed by atoms with van der Waals surface area (Å²) in [7, 11) is 0. The number of morpholine rings is 1. The molecule has 2 N–H and O–H groups in total. The maximum Gasteiger partial charge on any atom is 0.317 e. The molecule has 1 aliphatic rings. The largest absolute Gasteiger partial charge is 0.481 e. The van der Waals surface area contributed by atoms with Crippen molar-refractivity contribution in [3.8, 4) is 0 Å². The van der Waals surface area contributed by atoms with Gasteiger partial charge >= 0.3 is 12.0 Å². The Morgan fingerprint density at radius 1 is 1.36 bits per heavy atom. The standard InChI is InChI=1S/C14H16Cl2N2O4/c15-10-2-1-9(7-11(10)16)12-8-18(5-6-22-12)14(21)17-4-3-13(19)20/h1-2,7,12H,3-6,8H2,(H,17,21)(H,19,20). The molecule has 1 fully saturated rings. The van der Waals surface area contributed by atoms with Crippen LogP contribution in [0.4, 0.5) is 4.79 Å². The van der Waals surface area contributed by atoms with Gasteiger partial charge in [0.05, 0.1) is 29.6 Å². The summed E-state index contributed by atoms with van der Waals surface area (Å²) in [4.78, 5) is 24.0. The number of rotatable bonds is 4. The topological polar surface area (TPSA) is 78.9 Å². The average Bonchev–Trinajstić information content (AvgIpc) is 2.49. The van der Waals surface area contributed by atoms with Crippen LogP contribution in [-0.4, -0.2) is 48.2 Å². The number of urea groups is 1. The highest BCUT2D eigenvalue weighted by atomic mass is 35.5. The number of hydrogen-bond acceptors (Lipinski definition) is 3. The summed E-state index contributed by atoms with van der Waals surface area (Å²) >= 11 is 11.9. The van der Waals surface area contributed by atoms with Crippen LogP contribution in [0.1, 0.15) is 18.1 Å². The zero-order valence-electron chi connectivity index (χ0n) is 11.7. The Morgan fingerprint density at radius 2 is 2.14 bits per heavy atom. The SMILES string of the molecule is O=C(O)CCNC(=O)N1CCOC(c2ccc(Cl)c(Cl)c2)C1. The molecule has 0 spiro atoms. The van der Waals surface area contributed by atoms with Crippen LogP contribution in [0, 0.1) is 0 Å². The van der Waals surface area contributed by atoms with E-state index in [1.807, 2.05) is 6.07 Å². The van der Waals surface area contributed by atoms with E-state index in [1.165, 1.54) is 0 Å². The van der Waals surface area contributed by atoms with Crippen molar-refractivity contribution >= 4 is 35.2 Å². The normalized spacial score (nSPS) is 18.1.